The van der Waals surface area contributed by atoms with E-state index in [4.69, 9.17) is 11.6 Å². The number of rotatable bonds is 2. The first-order chi connectivity index (χ1) is 11.4. The van der Waals surface area contributed by atoms with Crippen LogP contribution >= 0.6 is 22.9 Å². The van der Waals surface area contributed by atoms with Gasteiger partial charge in [0, 0.05) is 18.1 Å². The molecule has 1 aromatic carbocycles. The minimum absolute atomic E-state index is 0.0427. The average molecular weight is 384 g/mol. The largest absolute Gasteiger partial charge is 0.337 e. The van der Waals surface area contributed by atoms with E-state index in [0.717, 1.165) is 5.56 Å². The number of carbonyl (C=O) groups excluding carboxylic acids is 1. The fourth-order valence-corrected chi connectivity index (χ4v) is 5.94. The molecular weight excluding hydrogens is 366 g/mol. The van der Waals surface area contributed by atoms with Gasteiger partial charge in [-0.15, -0.1) is 11.3 Å². The second-order valence-corrected chi connectivity index (χ2v) is 9.57. The van der Waals surface area contributed by atoms with Crippen molar-refractivity contribution >= 4 is 38.7 Å². The minimum Gasteiger partial charge on any atom is -0.337 e. The molecule has 128 valence electrons. The Labute approximate surface area is 151 Å². The molecule has 1 saturated heterocycles. The first-order valence-electron chi connectivity index (χ1n) is 7.69. The molecule has 1 atom stereocenters. The number of thiophene rings is 1. The SMILES string of the molecule is Cc1csc(C(=O)N2CCC(c3ccccc3Cl)S(=O)(=O)CC2)c1. The second kappa shape index (κ2) is 6.86. The van der Waals surface area contributed by atoms with Crippen LogP contribution in [-0.4, -0.2) is 38.1 Å². The lowest BCUT2D eigenvalue weighted by Gasteiger charge is -2.19. The third kappa shape index (κ3) is 3.50. The molecule has 1 aliphatic rings. The van der Waals surface area contributed by atoms with Gasteiger partial charge in [0.25, 0.3) is 5.91 Å². The van der Waals surface area contributed by atoms with Crippen LogP contribution in [0.3, 0.4) is 0 Å². The van der Waals surface area contributed by atoms with Gasteiger partial charge in [0.05, 0.1) is 15.9 Å². The van der Waals surface area contributed by atoms with E-state index in [1.165, 1.54) is 11.3 Å². The molecule has 0 radical (unpaired) electrons. The number of nitrogens with zero attached hydrogens (tertiary/aromatic N) is 1. The summed E-state index contributed by atoms with van der Waals surface area (Å²) in [5.74, 6) is -0.137. The molecule has 1 unspecified atom stereocenters. The van der Waals surface area contributed by atoms with Gasteiger partial charge >= 0.3 is 0 Å². The summed E-state index contributed by atoms with van der Waals surface area (Å²) in [5, 5.41) is 1.72. The maximum absolute atomic E-state index is 12.7. The molecule has 0 bridgehead atoms. The molecule has 0 saturated carbocycles. The van der Waals surface area contributed by atoms with Crippen molar-refractivity contribution in [2.24, 2.45) is 0 Å². The van der Waals surface area contributed by atoms with Crippen LogP contribution in [0.5, 0.6) is 0 Å². The summed E-state index contributed by atoms with van der Waals surface area (Å²) in [6, 6.07) is 8.88. The van der Waals surface area contributed by atoms with E-state index in [2.05, 4.69) is 0 Å². The van der Waals surface area contributed by atoms with Gasteiger partial charge < -0.3 is 4.90 Å². The van der Waals surface area contributed by atoms with Crippen molar-refractivity contribution < 1.29 is 13.2 Å². The van der Waals surface area contributed by atoms with Crippen LogP contribution in [-0.2, 0) is 9.84 Å². The molecule has 1 aromatic heterocycles. The first kappa shape index (κ1) is 17.5. The Morgan fingerprint density at radius 2 is 2.04 bits per heavy atom. The zero-order valence-electron chi connectivity index (χ0n) is 13.2. The maximum atomic E-state index is 12.7. The van der Waals surface area contributed by atoms with E-state index >= 15 is 0 Å². The number of amides is 1. The van der Waals surface area contributed by atoms with Gasteiger partial charge in [-0.2, -0.15) is 0 Å². The van der Waals surface area contributed by atoms with Gasteiger partial charge in [0.1, 0.15) is 0 Å². The van der Waals surface area contributed by atoms with E-state index in [0.29, 0.717) is 28.4 Å². The third-order valence-electron chi connectivity index (χ3n) is 4.22. The van der Waals surface area contributed by atoms with Crippen LogP contribution in [0.4, 0.5) is 0 Å². The van der Waals surface area contributed by atoms with Gasteiger partial charge in [-0.3, -0.25) is 4.79 Å². The fourth-order valence-electron chi connectivity index (χ4n) is 2.93. The zero-order valence-corrected chi connectivity index (χ0v) is 15.6. The minimum atomic E-state index is -3.35. The van der Waals surface area contributed by atoms with Crippen molar-refractivity contribution in [3.63, 3.8) is 0 Å². The number of hydrogen-bond acceptors (Lipinski definition) is 4. The molecule has 24 heavy (non-hydrogen) atoms. The van der Waals surface area contributed by atoms with Crippen LogP contribution in [0.2, 0.25) is 5.02 Å². The van der Waals surface area contributed by atoms with Crippen molar-refractivity contribution in [3.8, 4) is 0 Å². The Kier molecular flexibility index (Phi) is 4.99. The molecule has 2 aromatic rings. The van der Waals surface area contributed by atoms with Gasteiger partial charge in [-0.1, -0.05) is 29.8 Å². The van der Waals surface area contributed by atoms with Crippen LogP contribution in [0, 0.1) is 6.92 Å². The molecule has 0 spiro atoms. The highest BCUT2D eigenvalue weighted by Gasteiger charge is 2.34. The summed E-state index contributed by atoms with van der Waals surface area (Å²) in [6.45, 7) is 2.57. The quantitative estimate of drug-likeness (QED) is 0.794. The highest BCUT2D eigenvalue weighted by Crippen LogP contribution is 2.34. The lowest BCUT2D eigenvalue weighted by Crippen LogP contribution is -2.33. The molecule has 1 fully saturated rings. The highest BCUT2D eigenvalue weighted by atomic mass is 35.5. The topological polar surface area (TPSA) is 54.5 Å². The lowest BCUT2D eigenvalue weighted by molar-refractivity contribution is 0.0771. The summed E-state index contributed by atoms with van der Waals surface area (Å²) in [6.07, 6.45) is 0.363. The van der Waals surface area contributed by atoms with Crippen molar-refractivity contribution in [2.75, 3.05) is 18.8 Å². The highest BCUT2D eigenvalue weighted by molar-refractivity contribution is 7.91. The maximum Gasteiger partial charge on any atom is 0.263 e. The standard InChI is InChI=1S/C17H18ClNO3S2/c1-12-10-15(23-11-12)17(20)19-7-6-16(24(21,22)9-8-19)13-4-2-3-5-14(13)18/h2-5,10-11,16H,6-9H2,1H3. The normalized spacial score (nSPS) is 20.6. The van der Waals surface area contributed by atoms with E-state index in [1.807, 2.05) is 18.4 Å². The van der Waals surface area contributed by atoms with Crippen LogP contribution < -0.4 is 0 Å². The predicted octanol–water partition coefficient (Wildman–Crippen LogP) is 3.71. The monoisotopic (exact) mass is 383 g/mol. The molecule has 1 aliphatic heterocycles. The van der Waals surface area contributed by atoms with E-state index < -0.39 is 15.1 Å². The van der Waals surface area contributed by atoms with Crippen molar-refractivity contribution in [2.45, 2.75) is 18.6 Å². The third-order valence-corrected chi connectivity index (χ3v) is 7.71. The van der Waals surface area contributed by atoms with Crippen molar-refractivity contribution in [1.29, 1.82) is 0 Å². The van der Waals surface area contributed by atoms with E-state index in [9.17, 15) is 13.2 Å². The van der Waals surface area contributed by atoms with Gasteiger partial charge in [-0.25, -0.2) is 8.42 Å². The number of hydrogen-bond donors (Lipinski definition) is 0. The molecule has 2 heterocycles. The predicted molar refractivity (Wildman–Crippen MR) is 97.6 cm³/mol. The van der Waals surface area contributed by atoms with Gasteiger partial charge in [0.2, 0.25) is 0 Å². The number of halogens is 1. The van der Waals surface area contributed by atoms with Crippen molar-refractivity contribution in [3.05, 3.63) is 56.7 Å². The summed E-state index contributed by atoms with van der Waals surface area (Å²) < 4.78 is 25.3. The molecule has 1 amide bonds. The molecule has 0 aliphatic carbocycles. The van der Waals surface area contributed by atoms with Crippen molar-refractivity contribution in [1.82, 2.24) is 4.90 Å². The van der Waals surface area contributed by atoms with Gasteiger partial charge in [-0.05, 0) is 42.0 Å². The summed E-state index contributed by atoms with van der Waals surface area (Å²) in [5.41, 5.74) is 1.67. The lowest BCUT2D eigenvalue weighted by atomic mass is 10.1. The summed E-state index contributed by atoms with van der Waals surface area (Å²) in [4.78, 5) is 14.9. The Bertz CT molecular complexity index is 860. The summed E-state index contributed by atoms with van der Waals surface area (Å²) >= 11 is 7.59. The second-order valence-electron chi connectivity index (χ2n) is 5.95. The molecule has 7 heteroatoms. The van der Waals surface area contributed by atoms with Crippen LogP contribution in [0.15, 0.2) is 35.7 Å². The first-order valence-corrected chi connectivity index (χ1v) is 10.7. The molecule has 0 N–H and O–H groups in total. The average Bonchev–Trinajstić information content (AvgIpc) is 2.90. The van der Waals surface area contributed by atoms with E-state index in [1.54, 1.807) is 29.2 Å². The number of aryl methyl sites for hydroxylation is 1. The molecule has 3 rings (SSSR count). The fraction of sp³-hybridized carbons (Fsp3) is 0.353. The summed E-state index contributed by atoms with van der Waals surface area (Å²) in [7, 11) is -3.35. The number of benzene rings is 1. The Morgan fingerprint density at radius 1 is 1.29 bits per heavy atom. The van der Waals surface area contributed by atoms with Crippen LogP contribution in [0.25, 0.3) is 0 Å². The zero-order chi connectivity index (χ0) is 17.3. The number of sulfone groups is 1. The Hall–Kier alpha value is -1.37. The Balaban J connectivity index is 1.85. The smallest absolute Gasteiger partial charge is 0.263 e. The van der Waals surface area contributed by atoms with E-state index in [-0.39, 0.29) is 18.2 Å². The van der Waals surface area contributed by atoms with Gasteiger partial charge in [0.15, 0.2) is 9.84 Å². The Morgan fingerprint density at radius 3 is 2.71 bits per heavy atom. The molecule has 4 nitrogen and oxygen atoms in total. The number of carbonyl (C=O) groups is 1. The molecular formula is C17H18ClNO3S2. The van der Waals surface area contributed by atoms with Crippen LogP contribution in [0.1, 0.15) is 32.5 Å².